The van der Waals surface area contributed by atoms with E-state index in [9.17, 15) is 4.79 Å². The van der Waals surface area contributed by atoms with E-state index in [0.717, 1.165) is 55.0 Å². The number of hydrogen-bond donors (Lipinski definition) is 2. The van der Waals surface area contributed by atoms with Gasteiger partial charge in [-0.2, -0.15) is 4.99 Å². The van der Waals surface area contributed by atoms with Gasteiger partial charge in [-0.15, -0.1) is 0 Å². The number of aromatic nitrogens is 2. The van der Waals surface area contributed by atoms with E-state index < -0.39 is 0 Å². The smallest absolute Gasteiger partial charge is 0.326 e. The van der Waals surface area contributed by atoms with Gasteiger partial charge in [0, 0.05) is 30.2 Å². The zero-order chi connectivity index (χ0) is 23.9. The fraction of sp³-hybridized carbons (Fsp3) is 0.333. The first-order chi connectivity index (χ1) is 16.4. The van der Waals surface area contributed by atoms with Crippen molar-refractivity contribution >= 4 is 23.6 Å². The molecule has 34 heavy (non-hydrogen) atoms. The summed E-state index contributed by atoms with van der Waals surface area (Å²) in [5.74, 6) is 1.45. The summed E-state index contributed by atoms with van der Waals surface area (Å²) in [7, 11) is 0. The molecule has 3 aromatic rings. The molecule has 176 valence electrons. The van der Waals surface area contributed by atoms with Gasteiger partial charge in [0.15, 0.2) is 0 Å². The molecule has 0 saturated carbocycles. The van der Waals surface area contributed by atoms with Crippen molar-refractivity contribution in [3.63, 3.8) is 0 Å². The molecule has 2 aromatic carbocycles. The maximum absolute atomic E-state index is 12.8. The van der Waals surface area contributed by atoms with E-state index in [4.69, 9.17) is 0 Å². The number of guanidine groups is 1. The third-order valence-electron chi connectivity index (χ3n) is 5.99. The molecule has 0 unspecified atom stereocenters. The number of carbonyl (C=O) groups is 1. The zero-order valence-electron chi connectivity index (χ0n) is 20.1. The third-order valence-corrected chi connectivity index (χ3v) is 5.99. The molecule has 0 atom stereocenters. The van der Waals surface area contributed by atoms with E-state index in [-0.39, 0.29) is 6.03 Å². The molecule has 2 heterocycles. The minimum atomic E-state index is -0.335. The van der Waals surface area contributed by atoms with Crippen LogP contribution in [0.3, 0.4) is 0 Å². The van der Waals surface area contributed by atoms with Gasteiger partial charge in [-0.25, -0.2) is 14.8 Å². The summed E-state index contributed by atoms with van der Waals surface area (Å²) in [5, 5.41) is 5.84. The number of nitrogens with zero attached hydrogens (tertiary/aromatic N) is 4. The average Bonchev–Trinajstić information content (AvgIpc) is 2.81. The van der Waals surface area contributed by atoms with Crippen LogP contribution in [0.25, 0.3) is 0 Å². The molecule has 7 heteroatoms. The summed E-state index contributed by atoms with van der Waals surface area (Å²) in [4.78, 5) is 28.5. The Kier molecular flexibility index (Phi) is 7.52. The number of aliphatic imine (C=N–C) groups is 1. The van der Waals surface area contributed by atoms with Crippen LogP contribution in [0, 0.1) is 26.7 Å². The van der Waals surface area contributed by atoms with Crippen LogP contribution in [-0.2, 0) is 6.42 Å². The van der Waals surface area contributed by atoms with E-state index in [1.54, 1.807) is 0 Å². The molecule has 7 nitrogen and oxygen atoms in total. The molecule has 2 amide bonds. The van der Waals surface area contributed by atoms with Crippen LogP contribution >= 0.6 is 0 Å². The Morgan fingerprint density at radius 1 is 0.971 bits per heavy atom. The second-order valence-electron chi connectivity index (χ2n) is 8.95. The van der Waals surface area contributed by atoms with Crippen molar-refractivity contribution in [3.8, 4) is 0 Å². The number of rotatable bonds is 4. The fourth-order valence-electron chi connectivity index (χ4n) is 4.23. The van der Waals surface area contributed by atoms with E-state index in [2.05, 4.69) is 60.8 Å². The molecule has 0 spiro atoms. The standard InChI is InChI=1S/C27H32N6O/c1-19-9-11-24(12-10-19)30-27(34)32-26(31-25-28-20(2)17-21(3)29-25)33-15-13-23(14-16-33)18-22-7-5-4-6-8-22/h4-12,17,23H,13-16,18H2,1-3H3,(H2,28,29,30,31,32,34). The van der Waals surface area contributed by atoms with Crippen molar-refractivity contribution in [3.05, 3.63) is 83.2 Å². The average molecular weight is 457 g/mol. The second kappa shape index (κ2) is 10.9. The maximum Gasteiger partial charge on any atom is 0.326 e. The summed E-state index contributed by atoms with van der Waals surface area (Å²) in [6.45, 7) is 7.47. The van der Waals surface area contributed by atoms with Gasteiger partial charge in [0.05, 0.1) is 0 Å². The van der Waals surface area contributed by atoms with Gasteiger partial charge in [-0.05, 0) is 69.7 Å². The molecule has 0 bridgehead atoms. The summed E-state index contributed by atoms with van der Waals surface area (Å²) in [5.41, 5.74) is 4.92. The normalized spacial score (nSPS) is 14.7. The van der Waals surface area contributed by atoms with Crippen molar-refractivity contribution in [2.75, 3.05) is 18.4 Å². The highest BCUT2D eigenvalue weighted by molar-refractivity contribution is 6.02. The number of anilines is 1. The Labute approximate surface area is 201 Å². The van der Waals surface area contributed by atoms with Crippen LogP contribution in [0.5, 0.6) is 0 Å². The number of hydrogen-bond acceptors (Lipinski definition) is 4. The number of urea groups is 1. The summed E-state index contributed by atoms with van der Waals surface area (Å²) >= 11 is 0. The molecular weight excluding hydrogens is 424 g/mol. The van der Waals surface area contributed by atoms with Crippen molar-refractivity contribution in [1.82, 2.24) is 20.2 Å². The lowest BCUT2D eigenvalue weighted by atomic mass is 9.90. The van der Waals surface area contributed by atoms with Crippen LogP contribution in [0.1, 0.15) is 35.4 Å². The van der Waals surface area contributed by atoms with Crippen LogP contribution in [0.4, 0.5) is 16.4 Å². The van der Waals surface area contributed by atoms with Gasteiger partial charge in [0.1, 0.15) is 0 Å². The maximum atomic E-state index is 12.8. The fourth-order valence-corrected chi connectivity index (χ4v) is 4.23. The third kappa shape index (κ3) is 6.63. The highest BCUT2D eigenvalue weighted by Gasteiger charge is 2.23. The highest BCUT2D eigenvalue weighted by Crippen LogP contribution is 2.22. The lowest BCUT2D eigenvalue weighted by molar-refractivity contribution is 0.246. The molecule has 1 aliphatic heterocycles. The number of piperidine rings is 1. The van der Waals surface area contributed by atoms with Crippen molar-refractivity contribution in [2.45, 2.75) is 40.0 Å². The van der Waals surface area contributed by atoms with Crippen LogP contribution in [-0.4, -0.2) is 39.9 Å². The monoisotopic (exact) mass is 456 g/mol. The molecule has 1 aromatic heterocycles. The number of aryl methyl sites for hydroxylation is 3. The lowest BCUT2D eigenvalue weighted by Crippen LogP contribution is -2.48. The Balaban J connectivity index is 1.47. The minimum absolute atomic E-state index is 0.335. The molecule has 1 fully saturated rings. The van der Waals surface area contributed by atoms with E-state index in [0.29, 0.717) is 17.8 Å². The van der Waals surface area contributed by atoms with Gasteiger partial charge < -0.3 is 10.2 Å². The Bertz CT molecular complexity index is 1120. The van der Waals surface area contributed by atoms with Crippen LogP contribution < -0.4 is 10.6 Å². The van der Waals surface area contributed by atoms with Gasteiger partial charge in [0.2, 0.25) is 5.96 Å². The number of amides is 2. The lowest BCUT2D eigenvalue weighted by Gasteiger charge is -2.34. The zero-order valence-corrected chi connectivity index (χ0v) is 20.1. The summed E-state index contributed by atoms with van der Waals surface area (Å²) < 4.78 is 0. The number of carbonyl (C=O) groups excluding carboxylic acids is 1. The molecule has 0 aliphatic carbocycles. The summed E-state index contributed by atoms with van der Waals surface area (Å²) in [6.07, 6.45) is 3.13. The topological polar surface area (TPSA) is 82.5 Å². The number of benzene rings is 2. The molecular formula is C27H32N6O. The summed E-state index contributed by atoms with van der Waals surface area (Å²) in [6, 6.07) is 19.9. The van der Waals surface area contributed by atoms with Crippen molar-refractivity contribution in [1.29, 1.82) is 0 Å². The van der Waals surface area contributed by atoms with Gasteiger partial charge >= 0.3 is 6.03 Å². The van der Waals surface area contributed by atoms with Gasteiger partial charge in [-0.1, -0.05) is 48.0 Å². The van der Waals surface area contributed by atoms with Crippen molar-refractivity contribution in [2.24, 2.45) is 10.9 Å². The first kappa shape index (κ1) is 23.4. The van der Waals surface area contributed by atoms with E-state index in [1.807, 2.05) is 51.1 Å². The second-order valence-corrected chi connectivity index (χ2v) is 8.95. The predicted molar refractivity (Wildman–Crippen MR) is 136 cm³/mol. The van der Waals surface area contributed by atoms with Crippen LogP contribution in [0.15, 0.2) is 65.7 Å². The quantitative estimate of drug-likeness (QED) is 0.419. The van der Waals surface area contributed by atoms with E-state index in [1.165, 1.54) is 5.56 Å². The Hall–Kier alpha value is -3.74. The Morgan fingerprint density at radius 3 is 2.26 bits per heavy atom. The minimum Gasteiger partial charge on any atom is -0.342 e. The first-order valence-electron chi connectivity index (χ1n) is 11.8. The number of likely N-dealkylation sites (tertiary alicyclic amines) is 1. The van der Waals surface area contributed by atoms with Gasteiger partial charge in [0.25, 0.3) is 5.95 Å². The van der Waals surface area contributed by atoms with E-state index >= 15 is 0 Å². The highest BCUT2D eigenvalue weighted by atomic mass is 16.2. The largest absolute Gasteiger partial charge is 0.342 e. The molecule has 1 saturated heterocycles. The first-order valence-corrected chi connectivity index (χ1v) is 11.8. The SMILES string of the molecule is Cc1ccc(NC(=O)N/C(=N/c2nc(C)cc(C)n2)N2CCC(Cc3ccccc3)CC2)cc1. The predicted octanol–water partition coefficient (Wildman–Crippen LogP) is 5.17. The molecule has 4 rings (SSSR count). The molecule has 0 radical (unpaired) electrons. The molecule has 2 N–H and O–H groups in total. The van der Waals surface area contributed by atoms with Crippen molar-refractivity contribution < 1.29 is 4.79 Å². The molecule has 1 aliphatic rings. The van der Waals surface area contributed by atoms with Crippen LogP contribution in [0.2, 0.25) is 0 Å². The van der Waals surface area contributed by atoms with Gasteiger partial charge in [-0.3, -0.25) is 5.32 Å². The number of nitrogens with one attached hydrogen (secondary N) is 2. The Morgan fingerprint density at radius 2 is 1.62 bits per heavy atom.